The van der Waals surface area contributed by atoms with E-state index in [9.17, 15) is 0 Å². The van der Waals surface area contributed by atoms with E-state index in [1.807, 2.05) is 0 Å². The van der Waals surface area contributed by atoms with Crippen molar-refractivity contribution in [2.45, 2.75) is 187 Å². The van der Waals surface area contributed by atoms with Crippen molar-refractivity contribution < 1.29 is 4.74 Å². The van der Waals surface area contributed by atoms with Crippen LogP contribution in [-0.4, -0.2) is 6.10 Å². The summed E-state index contributed by atoms with van der Waals surface area (Å²) in [5, 5.41) is 0. The molecule has 0 aliphatic carbocycles. The number of rotatable bonds is 27. The van der Waals surface area contributed by atoms with Crippen molar-refractivity contribution in [2.24, 2.45) is 0 Å². The maximum absolute atomic E-state index is 6.25. The molecule has 0 amide bonds. The fourth-order valence-electron chi connectivity index (χ4n) is 4.50. The zero-order chi connectivity index (χ0) is 22.7. The van der Waals surface area contributed by atoms with Crippen LogP contribution in [0, 0.1) is 6.61 Å². The van der Waals surface area contributed by atoms with Gasteiger partial charge in [0.1, 0.15) is 0 Å². The van der Waals surface area contributed by atoms with Crippen LogP contribution < -0.4 is 0 Å². The lowest BCUT2D eigenvalue weighted by atomic mass is 10.0. The third-order valence-corrected chi connectivity index (χ3v) is 6.72. The van der Waals surface area contributed by atoms with Crippen molar-refractivity contribution in [1.29, 1.82) is 0 Å². The fourth-order valence-corrected chi connectivity index (χ4v) is 4.50. The largest absolute Gasteiger partial charge is 0.372 e. The van der Waals surface area contributed by atoms with E-state index in [1.54, 1.807) is 0 Å². The first-order valence-electron chi connectivity index (χ1n) is 14.8. The van der Waals surface area contributed by atoms with Crippen LogP contribution in [0.4, 0.5) is 0 Å². The smallest absolute Gasteiger partial charge is 0.0840 e. The molecule has 0 aromatic rings. The quantitative estimate of drug-likeness (QED) is 0.116. The van der Waals surface area contributed by atoms with Crippen LogP contribution in [0.5, 0.6) is 0 Å². The second-order valence-electron chi connectivity index (χ2n) is 10.0. The Morgan fingerprint density at radius 2 is 0.742 bits per heavy atom. The average Bonchev–Trinajstić information content (AvgIpc) is 2.78. The minimum atomic E-state index is 0.486. The zero-order valence-electron chi connectivity index (χ0n) is 22.2. The van der Waals surface area contributed by atoms with Gasteiger partial charge in [0, 0.05) is 0 Å². The van der Waals surface area contributed by atoms with E-state index in [0.29, 0.717) is 6.10 Å². The molecule has 0 N–H and O–H groups in total. The molecule has 0 heterocycles. The van der Waals surface area contributed by atoms with Crippen LogP contribution >= 0.6 is 0 Å². The first-order chi connectivity index (χ1) is 15.3. The maximum atomic E-state index is 6.25. The highest BCUT2D eigenvalue weighted by molar-refractivity contribution is 4.64. The highest BCUT2D eigenvalue weighted by Crippen LogP contribution is 2.19. The molecule has 0 aliphatic heterocycles. The normalized spacial score (nSPS) is 12.5. The zero-order valence-corrected chi connectivity index (χ0v) is 22.2. The number of unbranched alkanes of at least 4 members (excludes halogenated alkanes) is 20. The van der Waals surface area contributed by atoms with Gasteiger partial charge in [-0.25, -0.2) is 0 Å². The molecular formula is C30H61O. The minimum absolute atomic E-state index is 0.486. The fraction of sp³-hybridized carbons (Fsp3) is 0.967. The van der Waals surface area contributed by atoms with Crippen LogP contribution in [0.3, 0.4) is 0 Å². The summed E-state index contributed by atoms with van der Waals surface area (Å²) in [6.45, 7) is 9.05. The molecule has 0 fully saturated rings. The van der Waals surface area contributed by atoms with Gasteiger partial charge in [-0.05, 0) is 19.3 Å². The molecule has 0 saturated heterocycles. The molecule has 0 spiro atoms. The van der Waals surface area contributed by atoms with Crippen molar-refractivity contribution >= 4 is 0 Å². The second-order valence-corrected chi connectivity index (χ2v) is 10.0. The molecule has 0 rings (SSSR count). The Labute approximate surface area is 198 Å². The van der Waals surface area contributed by atoms with Crippen LogP contribution in [0.1, 0.15) is 181 Å². The molecule has 187 valence electrons. The predicted molar refractivity (Wildman–Crippen MR) is 142 cm³/mol. The number of ether oxygens (including phenoxy) is 1. The SMILES string of the molecule is CCCCCCC[CH]OC(CCCCCCCCC)CCCCCCCCCCCC. The first kappa shape index (κ1) is 31.0. The van der Waals surface area contributed by atoms with E-state index in [4.69, 9.17) is 4.74 Å². The molecule has 1 radical (unpaired) electrons. The van der Waals surface area contributed by atoms with Gasteiger partial charge in [-0.1, -0.05) is 162 Å². The van der Waals surface area contributed by atoms with Crippen molar-refractivity contribution in [3.63, 3.8) is 0 Å². The van der Waals surface area contributed by atoms with Crippen molar-refractivity contribution in [3.8, 4) is 0 Å². The van der Waals surface area contributed by atoms with E-state index < -0.39 is 0 Å². The lowest BCUT2D eigenvalue weighted by Crippen LogP contribution is -2.12. The summed E-state index contributed by atoms with van der Waals surface area (Å²) in [5.41, 5.74) is 0. The van der Waals surface area contributed by atoms with Crippen LogP contribution in [0.25, 0.3) is 0 Å². The molecule has 0 bridgehead atoms. The Bertz CT molecular complexity index is 283. The van der Waals surface area contributed by atoms with Crippen molar-refractivity contribution in [2.75, 3.05) is 0 Å². The Kier molecular flexibility index (Phi) is 28.0. The minimum Gasteiger partial charge on any atom is -0.372 e. The molecule has 1 unspecified atom stereocenters. The summed E-state index contributed by atoms with van der Waals surface area (Å²) in [6, 6.07) is 0. The lowest BCUT2D eigenvalue weighted by molar-refractivity contribution is 0.0804. The molecule has 0 aromatic heterocycles. The summed E-state index contributed by atoms with van der Waals surface area (Å²) in [4.78, 5) is 0. The van der Waals surface area contributed by atoms with Gasteiger partial charge in [-0.15, -0.1) is 0 Å². The molecule has 0 saturated carbocycles. The third kappa shape index (κ3) is 26.1. The molecule has 1 heteroatoms. The van der Waals surface area contributed by atoms with Gasteiger partial charge in [-0.2, -0.15) is 0 Å². The molecule has 31 heavy (non-hydrogen) atoms. The van der Waals surface area contributed by atoms with E-state index in [-0.39, 0.29) is 0 Å². The van der Waals surface area contributed by atoms with Gasteiger partial charge in [0.25, 0.3) is 0 Å². The van der Waals surface area contributed by atoms with Crippen molar-refractivity contribution in [3.05, 3.63) is 6.61 Å². The summed E-state index contributed by atoms with van der Waals surface area (Å²) >= 11 is 0. The third-order valence-electron chi connectivity index (χ3n) is 6.72. The van der Waals surface area contributed by atoms with E-state index in [1.165, 1.54) is 154 Å². The maximum Gasteiger partial charge on any atom is 0.0840 e. The van der Waals surface area contributed by atoms with Gasteiger partial charge >= 0.3 is 0 Å². The van der Waals surface area contributed by atoms with Gasteiger partial charge in [0.15, 0.2) is 0 Å². The summed E-state index contributed by atoms with van der Waals surface area (Å²) in [7, 11) is 0. The van der Waals surface area contributed by atoms with E-state index >= 15 is 0 Å². The highest BCUT2D eigenvalue weighted by Gasteiger charge is 2.09. The van der Waals surface area contributed by atoms with Crippen LogP contribution in [0.15, 0.2) is 0 Å². The van der Waals surface area contributed by atoms with Gasteiger partial charge in [0.2, 0.25) is 0 Å². The van der Waals surface area contributed by atoms with Gasteiger partial charge < -0.3 is 4.74 Å². The average molecular weight is 438 g/mol. The van der Waals surface area contributed by atoms with E-state index in [2.05, 4.69) is 27.4 Å². The summed E-state index contributed by atoms with van der Waals surface area (Å²) in [6.07, 6.45) is 35.0. The first-order valence-corrected chi connectivity index (χ1v) is 14.8. The number of hydrogen-bond acceptors (Lipinski definition) is 1. The van der Waals surface area contributed by atoms with Crippen molar-refractivity contribution in [1.82, 2.24) is 0 Å². The molecule has 0 aromatic carbocycles. The van der Waals surface area contributed by atoms with Crippen LogP contribution in [-0.2, 0) is 4.74 Å². The lowest BCUT2D eigenvalue weighted by Gasteiger charge is -2.18. The molecular weight excluding hydrogens is 376 g/mol. The highest BCUT2D eigenvalue weighted by atomic mass is 16.5. The summed E-state index contributed by atoms with van der Waals surface area (Å²) in [5.74, 6) is 0. The standard InChI is InChI=1S/C30H61O/c1-4-7-10-13-16-17-18-20-22-25-28-30(27-24-21-19-14-11-8-5-2)31-29-26-23-15-12-9-6-3/h29-30H,4-28H2,1-3H3. The predicted octanol–water partition coefficient (Wildman–Crippen LogP) is 11.3. The Morgan fingerprint density at radius 1 is 0.419 bits per heavy atom. The van der Waals surface area contributed by atoms with Crippen LogP contribution in [0.2, 0.25) is 0 Å². The van der Waals surface area contributed by atoms with Gasteiger partial charge in [0.05, 0.1) is 12.7 Å². The van der Waals surface area contributed by atoms with Gasteiger partial charge in [-0.3, -0.25) is 0 Å². The topological polar surface area (TPSA) is 9.23 Å². The molecule has 1 nitrogen and oxygen atoms in total. The Balaban J connectivity index is 3.79. The molecule has 1 atom stereocenters. The second kappa shape index (κ2) is 28.0. The van der Waals surface area contributed by atoms with E-state index in [0.717, 1.165) is 6.42 Å². The monoisotopic (exact) mass is 437 g/mol. The molecule has 0 aliphatic rings. The summed E-state index contributed by atoms with van der Waals surface area (Å²) < 4.78 is 6.25. The Hall–Kier alpha value is -0.0400. The Morgan fingerprint density at radius 3 is 1.13 bits per heavy atom. The number of hydrogen-bond donors (Lipinski definition) is 0.